The molecule has 1 heterocycles. The van der Waals surface area contributed by atoms with Crippen molar-refractivity contribution in [3.05, 3.63) is 21.3 Å². The van der Waals surface area contributed by atoms with E-state index >= 15 is 0 Å². The summed E-state index contributed by atoms with van der Waals surface area (Å²) in [4.78, 5) is 1.02. The van der Waals surface area contributed by atoms with Crippen LogP contribution in [0.25, 0.3) is 0 Å². The molecular weight excluding hydrogens is 240 g/mol. The summed E-state index contributed by atoms with van der Waals surface area (Å²) in [6.45, 7) is 4.63. The predicted molar refractivity (Wildman–Crippen MR) is 70.0 cm³/mol. The molecular formula is C13H19ClOS. The van der Waals surface area contributed by atoms with Gasteiger partial charge in [-0.1, -0.05) is 25.4 Å². The number of thiophene rings is 1. The predicted octanol–water partition coefficient (Wildman–Crippen LogP) is 4.65. The molecule has 1 saturated carbocycles. The molecule has 2 rings (SSSR count). The molecule has 1 atom stereocenters. The summed E-state index contributed by atoms with van der Waals surface area (Å²) in [6.07, 6.45) is 4.38. The Bertz CT molecular complexity index is 349. The summed E-state index contributed by atoms with van der Waals surface area (Å²) >= 11 is 7.40. The molecule has 0 radical (unpaired) electrons. The summed E-state index contributed by atoms with van der Waals surface area (Å²) < 4.78 is 0.769. The Balaban J connectivity index is 1.99. The van der Waals surface area contributed by atoms with Gasteiger partial charge >= 0.3 is 0 Å². The number of hydrogen-bond donors (Lipinski definition) is 1. The minimum Gasteiger partial charge on any atom is -0.387 e. The highest BCUT2D eigenvalue weighted by atomic mass is 35.5. The third-order valence-electron chi connectivity index (χ3n) is 3.72. The molecule has 0 spiro atoms. The molecule has 0 saturated heterocycles. The molecule has 1 aromatic heterocycles. The van der Waals surface area contributed by atoms with Crippen molar-refractivity contribution in [3.63, 3.8) is 0 Å². The molecule has 1 aliphatic carbocycles. The lowest BCUT2D eigenvalue weighted by molar-refractivity contribution is 0.0591. The quantitative estimate of drug-likeness (QED) is 0.819. The van der Waals surface area contributed by atoms with E-state index in [4.69, 9.17) is 11.6 Å². The van der Waals surface area contributed by atoms with Crippen LogP contribution >= 0.6 is 22.9 Å². The largest absolute Gasteiger partial charge is 0.387 e. The standard InChI is InChI=1S/C13H19ClOS/c1-13(2)7-5-9(6-8-13)12(15)10-3-4-11(14)16-10/h3-4,9,12,15H,5-8H2,1-2H3. The van der Waals surface area contributed by atoms with E-state index in [1.54, 1.807) is 0 Å². The third kappa shape index (κ3) is 2.79. The lowest BCUT2D eigenvalue weighted by Gasteiger charge is -2.36. The first-order chi connectivity index (χ1) is 7.48. The maximum atomic E-state index is 10.3. The van der Waals surface area contributed by atoms with Crippen LogP contribution in [0, 0.1) is 11.3 Å². The molecule has 1 aliphatic rings. The Hall–Kier alpha value is -0.0500. The van der Waals surface area contributed by atoms with Gasteiger partial charge in [0.15, 0.2) is 0 Å². The summed E-state index contributed by atoms with van der Waals surface area (Å²) in [7, 11) is 0. The van der Waals surface area contributed by atoms with E-state index in [2.05, 4.69) is 13.8 Å². The first kappa shape index (κ1) is 12.4. The molecule has 16 heavy (non-hydrogen) atoms. The summed E-state index contributed by atoms with van der Waals surface area (Å²) in [5, 5.41) is 10.3. The van der Waals surface area contributed by atoms with Gasteiger partial charge in [0.05, 0.1) is 10.4 Å². The number of aliphatic hydroxyl groups is 1. The van der Waals surface area contributed by atoms with Crippen LogP contribution in [0.1, 0.15) is 50.5 Å². The molecule has 1 nitrogen and oxygen atoms in total. The minimum atomic E-state index is -0.311. The van der Waals surface area contributed by atoms with Gasteiger partial charge < -0.3 is 5.11 Å². The van der Waals surface area contributed by atoms with Gasteiger partial charge in [-0.2, -0.15) is 0 Å². The molecule has 3 heteroatoms. The fourth-order valence-electron chi connectivity index (χ4n) is 2.46. The van der Waals surface area contributed by atoms with Crippen LogP contribution in [-0.4, -0.2) is 5.11 Å². The average Bonchev–Trinajstić information content (AvgIpc) is 2.64. The van der Waals surface area contributed by atoms with Crippen molar-refractivity contribution in [3.8, 4) is 0 Å². The Kier molecular flexibility index (Phi) is 3.62. The zero-order chi connectivity index (χ0) is 11.8. The fraction of sp³-hybridized carbons (Fsp3) is 0.692. The van der Waals surface area contributed by atoms with Crippen molar-refractivity contribution in [2.24, 2.45) is 11.3 Å². The van der Waals surface area contributed by atoms with Crippen molar-refractivity contribution >= 4 is 22.9 Å². The van der Waals surface area contributed by atoms with Crippen LogP contribution in [0.4, 0.5) is 0 Å². The SMILES string of the molecule is CC1(C)CCC(C(O)c2ccc(Cl)s2)CC1. The monoisotopic (exact) mass is 258 g/mol. The zero-order valence-electron chi connectivity index (χ0n) is 9.87. The lowest BCUT2D eigenvalue weighted by atomic mass is 9.71. The minimum absolute atomic E-state index is 0.311. The molecule has 0 bridgehead atoms. The van der Waals surface area contributed by atoms with E-state index in [1.165, 1.54) is 24.2 Å². The second-order valence-corrected chi connectivity index (χ2v) is 7.34. The van der Waals surface area contributed by atoms with Crippen molar-refractivity contribution in [1.82, 2.24) is 0 Å². The van der Waals surface area contributed by atoms with Gasteiger partial charge in [-0.15, -0.1) is 11.3 Å². The molecule has 0 aliphatic heterocycles. The van der Waals surface area contributed by atoms with Crippen LogP contribution in [-0.2, 0) is 0 Å². The summed E-state index contributed by atoms with van der Waals surface area (Å²) in [6, 6.07) is 3.83. The Morgan fingerprint density at radius 2 is 2.00 bits per heavy atom. The van der Waals surface area contributed by atoms with E-state index < -0.39 is 0 Å². The Morgan fingerprint density at radius 1 is 1.38 bits per heavy atom. The second-order valence-electron chi connectivity index (χ2n) is 5.59. The number of aliphatic hydroxyl groups excluding tert-OH is 1. The molecule has 1 fully saturated rings. The van der Waals surface area contributed by atoms with Gasteiger partial charge in [-0.3, -0.25) is 0 Å². The van der Waals surface area contributed by atoms with Gasteiger partial charge in [0.25, 0.3) is 0 Å². The average molecular weight is 259 g/mol. The molecule has 0 amide bonds. The highest BCUT2D eigenvalue weighted by molar-refractivity contribution is 7.16. The molecule has 90 valence electrons. The third-order valence-corrected chi connectivity index (χ3v) is 5.02. The van der Waals surface area contributed by atoms with Crippen molar-refractivity contribution in [2.75, 3.05) is 0 Å². The summed E-state index contributed by atoms with van der Waals surface area (Å²) in [5.41, 5.74) is 0.462. The smallest absolute Gasteiger partial charge is 0.0932 e. The Labute approximate surface area is 106 Å². The number of halogens is 1. The molecule has 1 aromatic rings. The molecule has 0 aromatic carbocycles. The lowest BCUT2D eigenvalue weighted by Crippen LogP contribution is -2.24. The maximum Gasteiger partial charge on any atom is 0.0932 e. The van der Waals surface area contributed by atoms with Crippen LogP contribution in [0.3, 0.4) is 0 Å². The van der Waals surface area contributed by atoms with Crippen LogP contribution in [0.2, 0.25) is 4.34 Å². The van der Waals surface area contributed by atoms with E-state index in [0.717, 1.165) is 22.1 Å². The van der Waals surface area contributed by atoms with Crippen molar-refractivity contribution in [2.45, 2.75) is 45.6 Å². The van der Waals surface area contributed by atoms with E-state index in [0.29, 0.717) is 11.3 Å². The van der Waals surface area contributed by atoms with Crippen LogP contribution < -0.4 is 0 Å². The zero-order valence-corrected chi connectivity index (χ0v) is 11.4. The fourth-order valence-corrected chi connectivity index (χ4v) is 3.60. The van der Waals surface area contributed by atoms with Gasteiger partial charge in [-0.25, -0.2) is 0 Å². The van der Waals surface area contributed by atoms with E-state index in [9.17, 15) is 5.11 Å². The van der Waals surface area contributed by atoms with Gasteiger partial charge in [0.1, 0.15) is 0 Å². The highest BCUT2D eigenvalue weighted by Crippen LogP contribution is 2.44. The normalized spacial score (nSPS) is 23.2. The molecule has 1 unspecified atom stereocenters. The number of hydrogen-bond acceptors (Lipinski definition) is 2. The van der Waals surface area contributed by atoms with Gasteiger partial charge in [0.2, 0.25) is 0 Å². The highest BCUT2D eigenvalue weighted by Gasteiger charge is 2.31. The van der Waals surface area contributed by atoms with E-state index in [-0.39, 0.29) is 6.10 Å². The van der Waals surface area contributed by atoms with Gasteiger partial charge in [0, 0.05) is 4.88 Å². The van der Waals surface area contributed by atoms with Crippen molar-refractivity contribution in [1.29, 1.82) is 0 Å². The van der Waals surface area contributed by atoms with Crippen molar-refractivity contribution < 1.29 is 5.11 Å². The van der Waals surface area contributed by atoms with Gasteiger partial charge in [-0.05, 0) is 49.1 Å². The maximum absolute atomic E-state index is 10.3. The summed E-state index contributed by atoms with van der Waals surface area (Å²) in [5.74, 6) is 0.419. The van der Waals surface area contributed by atoms with Crippen LogP contribution in [0.5, 0.6) is 0 Å². The van der Waals surface area contributed by atoms with E-state index in [1.807, 2.05) is 12.1 Å². The topological polar surface area (TPSA) is 20.2 Å². The second kappa shape index (κ2) is 4.67. The first-order valence-electron chi connectivity index (χ1n) is 5.91. The molecule has 1 N–H and O–H groups in total. The van der Waals surface area contributed by atoms with Crippen LogP contribution in [0.15, 0.2) is 12.1 Å². The first-order valence-corrected chi connectivity index (χ1v) is 7.11. The number of rotatable bonds is 2. The Morgan fingerprint density at radius 3 is 2.50 bits per heavy atom.